The maximum Gasteiger partial charge on any atom is 0.212 e. The summed E-state index contributed by atoms with van der Waals surface area (Å²) in [5, 5.41) is 8.64. The minimum absolute atomic E-state index is 0.387. The Kier molecular flexibility index (Phi) is 2.51. The van der Waals surface area contributed by atoms with Crippen LogP contribution in [-0.4, -0.2) is 26.3 Å². The largest absolute Gasteiger partial charge is 0.296 e. The molecular formula is C11H12N4OS. The highest BCUT2D eigenvalue weighted by atomic mass is 32.1. The second kappa shape index (κ2) is 4.03. The van der Waals surface area contributed by atoms with Gasteiger partial charge in [0.25, 0.3) is 0 Å². The number of fused-ring (bicyclic) bond motifs is 1. The van der Waals surface area contributed by atoms with E-state index in [-0.39, 0.29) is 0 Å². The van der Waals surface area contributed by atoms with E-state index < -0.39 is 0 Å². The first-order valence-electron chi connectivity index (χ1n) is 5.66. The predicted octanol–water partition coefficient (Wildman–Crippen LogP) is 1.72. The summed E-state index contributed by atoms with van der Waals surface area (Å²) in [5.74, 6) is 0. The lowest BCUT2D eigenvalue weighted by atomic mass is 10.0. The summed E-state index contributed by atoms with van der Waals surface area (Å²) in [6.07, 6.45) is 5.35. The number of aryl methyl sites for hydroxylation is 2. The van der Waals surface area contributed by atoms with Gasteiger partial charge in [0.1, 0.15) is 5.69 Å². The highest BCUT2D eigenvalue weighted by Crippen LogP contribution is 2.28. The normalized spacial score (nSPS) is 14.6. The molecule has 1 aliphatic carbocycles. The van der Waals surface area contributed by atoms with Gasteiger partial charge in [-0.1, -0.05) is 16.6 Å². The van der Waals surface area contributed by atoms with Gasteiger partial charge in [0, 0.05) is 4.88 Å². The topological polar surface area (TPSA) is 60.7 Å². The molecule has 6 heteroatoms. The van der Waals surface area contributed by atoms with Crippen LogP contribution in [0.1, 0.15) is 39.6 Å². The first-order chi connectivity index (χ1) is 8.29. The van der Waals surface area contributed by atoms with Crippen molar-refractivity contribution >= 4 is 17.6 Å². The van der Waals surface area contributed by atoms with Crippen LogP contribution in [0.2, 0.25) is 0 Å². The molecule has 2 aromatic rings. The molecular weight excluding hydrogens is 236 g/mol. The molecule has 0 N–H and O–H groups in total. The Labute approximate surface area is 102 Å². The van der Waals surface area contributed by atoms with Gasteiger partial charge in [0.2, 0.25) is 5.13 Å². The van der Waals surface area contributed by atoms with Crippen LogP contribution < -0.4 is 0 Å². The summed E-state index contributed by atoms with van der Waals surface area (Å²) < 4.78 is 1.66. The Morgan fingerprint density at radius 1 is 1.35 bits per heavy atom. The van der Waals surface area contributed by atoms with Crippen LogP contribution in [0.5, 0.6) is 0 Å². The van der Waals surface area contributed by atoms with E-state index in [2.05, 4.69) is 15.3 Å². The molecule has 0 aliphatic heterocycles. The van der Waals surface area contributed by atoms with Gasteiger partial charge in [0.05, 0.1) is 11.4 Å². The highest BCUT2D eigenvalue weighted by molar-refractivity contribution is 7.14. The predicted molar refractivity (Wildman–Crippen MR) is 63.8 cm³/mol. The van der Waals surface area contributed by atoms with Gasteiger partial charge in [-0.2, -0.15) is 4.68 Å². The molecule has 2 heterocycles. The van der Waals surface area contributed by atoms with Crippen LogP contribution in [0.15, 0.2) is 0 Å². The number of nitrogens with zero attached hydrogens (tertiary/aromatic N) is 4. The van der Waals surface area contributed by atoms with Crippen LogP contribution in [0, 0.1) is 6.92 Å². The zero-order valence-electron chi connectivity index (χ0n) is 9.51. The van der Waals surface area contributed by atoms with Gasteiger partial charge in [-0.05, 0) is 32.6 Å². The minimum Gasteiger partial charge on any atom is -0.296 e. The molecule has 3 rings (SSSR count). The van der Waals surface area contributed by atoms with Crippen LogP contribution >= 0.6 is 11.3 Å². The molecule has 0 aromatic carbocycles. The van der Waals surface area contributed by atoms with Gasteiger partial charge in [0.15, 0.2) is 6.29 Å². The number of carbonyl (C=O) groups is 1. The second-order valence-electron chi connectivity index (χ2n) is 4.16. The summed E-state index contributed by atoms with van der Waals surface area (Å²) in [4.78, 5) is 16.7. The molecule has 1 aliphatic rings. The van der Waals surface area contributed by atoms with E-state index in [1.165, 1.54) is 23.4 Å². The van der Waals surface area contributed by atoms with Crippen molar-refractivity contribution in [3.8, 4) is 5.13 Å². The number of aldehydes is 1. The number of carbonyl (C=O) groups excluding carboxylic acids is 1. The third-order valence-corrected chi connectivity index (χ3v) is 4.19. The number of hydrogen-bond acceptors (Lipinski definition) is 5. The van der Waals surface area contributed by atoms with E-state index >= 15 is 0 Å². The Morgan fingerprint density at radius 3 is 2.88 bits per heavy atom. The first kappa shape index (κ1) is 10.6. The summed E-state index contributed by atoms with van der Waals surface area (Å²) in [7, 11) is 0. The van der Waals surface area contributed by atoms with Gasteiger partial charge in [-0.3, -0.25) is 4.79 Å². The van der Waals surface area contributed by atoms with Crippen LogP contribution in [0.25, 0.3) is 5.13 Å². The molecule has 0 fully saturated rings. The van der Waals surface area contributed by atoms with Gasteiger partial charge < -0.3 is 0 Å². The molecule has 5 nitrogen and oxygen atoms in total. The van der Waals surface area contributed by atoms with Crippen molar-refractivity contribution < 1.29 is 4.79 Å². The Balaban J connectivity index is 2.06. The maximum atomic E-state index is 10.7. The summed E-state index contributed by atoms with van der Waals surface area (Å²) in [6, 6.07) is 0. The lowest BCUT2D eigenvalue weighted by molar-refractivity contribution is 0.111. The average molecular weight is 248 g/mol. The van der Waals surface area contributed by atoms with Crippen molar-refractivity contribution in [2.45, 2.75) is 32.6 Å². The molecule has 0 unspecified atom stereocenters. The third kappa shape index (κ3) is 1.68. The van der Waals surface area contributed by atoms with E-state index in [1.807, 2.05) is 6.92 Å². The van der Waals surface area contributed by atoms with E-state index in [4.69, 9.17) is 0 Å². The smallest absolute Gasteiger partial charge is 0.212 e. The van der Waals surface area contributed by atoms with Crippen LogP contribution in [0.3, 0.4) is 0 Å². The molecule has 0 saturated heterocycles. The maximum absolute atomic E-state index is 10.7. The summed E-state index contributed by atoms with van der Waals surface area (Å²) in [5.41, 5.74) is 2.34. The van der Waals surface area contributed by atoms with E-state index in [1.54, 1.807) is 16.0 Å². The molecule has 2 aromatic heterocycles. The zero-order chi connectivity index (χ0) is 11.8. The summed E-state index contributed by atoms with van der Waals surface area (Å²) >= 11 is 1.66. The summed E-state index contributed by atoms with van der Waals surface area (Å²) in [6.45, 7) is 1.84. The lowest BCUT2D eigenvalue weighted by Gasteiger charge is -2.06. The molecule has 0 amide bonds. The fraction of sp³-hybridized carbons (Fsp3) is 0.455. The molecule has 17 heavy (non-hydrogen) atoms. The standard InChI is InChI=1S/C11H12N4OS/c1-7-9(6-16)13-14-15(7)11-12-8-4-2-3-5-10(8)17-11/h6H,2-5H2,1H3. The number of hydrogen-bond donors (Lipinski definition) is 0. The number of rotatable bonds is 2. The van der Waals surface area contributed by atoms with Crippen molar-refractivity contribution in [3.05, 3.63) is 22.0 Å². The molecule has 0 saturated carbocycles. The molecule has 0 bridgehead atoms. The number of aromatic nitrogens is 4. The molecule has 0 atom stereocenters. The zero-order valence-corrected chi connectivity index (χ0v) is 10.3. The van der Waals surface area contributed by atoms with Gasteiger partial charge >= 0.3 is 0 Å². The van der Waals surface area contributed by atoms with Gasteiger partial charge in [-0.15, -0.1) is 5.10 Å². The molecule has 0 radical (unpaired) electrons. The third-order valence-electron chi connectivity index (χ3n) is 3.06. The van der Waals surface area contributed by atoms with Crippen molar-refractivity contribution in [2.75, 3.05) is 0 Å². The Morgan fingerprint density at radius 2 is 2.18 bits per heavy atom. The molecule has 88 valence electrons. The molecule has 0 spiro atoms. The van der Waals surface area contributed by atoms with Crippen LogP contribution in [0.4, 0.5) is 0 Å². The average Bonchev–Trinajstić information content (AvgIpc) is 2.91. The van der Waals surface area contributed by atoms with Crippen molar-refractivity contribution in [3.63, 3.8) is 0 Å². The lowest BCUT2D eigenvalue weighted by Crippen LogP contribution is -2.01. The fourth-order valence-corrected chi connectivity index (χ4v) is 3.21. The van der Waals surface area contributed by atoms with Crippen molar-refractivity contribution in [1.82, 2.24) is 20.0 Å². The SMILES string of the molecule is Cc1c(C=O)nnn1-c1nc2c(s1)CCCC2. The van der Waals surface area contributed by atoms with Crippen LogP contribution in [-0.2, 0) is 12.8 Å². The van der Waals surface area contributed by atoms with Gasteiger partial charge in [-0.25, -0.2) is 4.98 Å². The fourth-order valence-electron chi connectivity index (χ4n) is 2.06. The number of thiazole rings is 1. The van der Waals surface area contributed by atoms with Crippen molar-refractivity contribution in [2.24, 2.45) is 0 Å². The second-order valence-corrected chi connectivity index (χ2v) is 5.23. The van der Waals surface area contributed by atoms with E-state index in [9.17, 15) is 4.79 Å². The van der Waals surface area contributed by atoms with Crippen molar-refractivity contribution in [1.29, 1.82) is 0 Å². The van der Waals surface area contributed by atoms with E-state index in [0.717, 1.165) is 30.0 Å². The van der Waals surface area contributed by atoms with E-state index in [0.29, 0.717) is 5.69 Å². The monoisotopic (exact) mass is 248 g/mol. The Bertz CT molecular complexity index is 549. The highest BCUT2D eigenvalue weighted by Gasteiger charge is 2.18. The Hall–Kier alpha value is -1.56. The quantitative estimate of drug-likeness (QED) is 0.759. The first-order valence-corrected chi connectivity index (χ1v) is 6.47. The minimum atomic E-state index is 0.387.